The summed E-state index contributed by atoms with van der Waals surface area (Å²) in [6.45, 7) is 4.66. The van der Waals surface area contributed by atoms with Crippen LogP contribution >= 0.6 is 11.6 Å². The molecule has 3 aromatic rings. The summed E-state index contributed by atoms with van der Waals surface area (Å²) >= 11 is 5.96. The van der Waals surface area contributed by atoms with Crippen LogP contribution in [0, 0.1) is 0 Å². The van der Waals surface area contributed by atoms with Gasteiger partial charge in [-0.25, -0.2) is 17.7 Å². The molecule has 1 unspecified atom stereocenters. The van der Waals surface area contributed by atoms with Gasteiger partial charge in [0.15, 0.2) is 0 Å². The first-order valence-corrected chi connectivity index (χ1v) is 12.3. The van der Waals surface area contributed by atoms with Crippen LogP contribution in [0.15, 0.2) is 47.4 Å². The molecule has 7 nitrogen and oxygen atoms in total. The van der Waals surface area contributed by atoms with E-state index in [-0.39, 0.29) is 16.8 Å². The van der Waals surface area contributed by atoms with Crippen molar-refractivity contribution in [1.29, 1.82) is 0 Å². The molecule has 32 heavy (non-hydrogen) atoms. The van der Waals surface area contributed by atoms with Crippen molar-refractivity contribution in [1.82, 2.24) is 18.8 Å². The number of fused-ring (bicyclic) bond motifs is 1. The Balaban J connectivity index is 1.79. The molecule has 0 bridgehead atoms. The molecule has 0 fully saturated rings. The van der Waals surface area contributed by atoms with Gasteiger partial charge in [0.05, 0.1) is 22.0 Å². The molecule has 2 aromatic carbocycles. The Morgan fingerprint density at radius 2 is 1.78 bits per heavy atom. The molecule has 0 saturated carbocycles. The van der Waals surface area contributed by atoms with E-state index >= 15 is 0 Å². The third-order valence-electron chi connectivity index (χ3n) is 5.78. The number of amides is 1. The van der Waals surface area contributed by atoms with Gasteiger partial charge in [-0.2, -0.15) is 0 Å². The van der Waals surface area contributed by atoms with E-state index < -0.39 is 10.0 Å². The van der Waals surface area contributed by atoms with Crippen LogP contribution in [0.3, 0.4) is 0 Å². The van der Waals surface area contributed by atoms with Gasteiger partial charge in [-0.05, 0) is 49.7 Å². The highest BCUT2D eigenvalue weighted by Gasteiger charge is 2.21. The van der Waals surface area contributed by atoms with Crippen molar-refractivity contribution in [2.24, 2.45) is 0 Å². The second kappa shape index (κ2) is 9.60. The van der Waals surface area contributed by atoms with Gasteiger partial charge in [-0.15, -0.1) is 0 Å². The Bertz CT molecular complexity index is 1220. The number of carbonyl (C=O) groups excluding carboxylic acids is 1. The fourth-order valence-electron chi connectivity index (χ4n) is 3.65. The normalized spacial score (nSPS) is 13.0. The van der Waals surface area contributed by atoms with Gasteiger partial charge in [-0.3, -0.25) is 4.79 Å². The predicted molar refractivity (Wildman–Crippen MR) is 127 cm³/mol. The van der Waals surface area contributed by atoms with Crippen LogP contribution in [0.4, 0.5) is 0 Å². The van der Waals surface area contributed by atoms with E-state index in [1.165, 1.54) is 18.4 Å². The van der Waals surface area contributed by atoms with Crippen molar-refractivity contribution in [3.8, 4) is 0 Å². The van der Waals surface area contributed by atoms with Crippen LogP contribution in [-0.2, 0) is 27.8 Å². The van der Waals surface area contributed by atoms with Crippen LogP contribution in [0.1, 0.15) is 37.7 Å². The Morgan fingerprint density at radius 1 is 1.12 bits per heavy atom. The van der Waals surface area contributed by atoms with E-state index in [1.807, 2.05) is 42.7 Å². The minimum Gasteiger partial charge on any atom is -0.339 e. The molecule has 0 radical (unpaired) electrons. The molecule has 3 rings (SSSR count). The third-order valence-corrected chi connectivity index (χ3v) is 7.85. The largest absolute Gasteiger partial charge is 0.339 e. The lowest BCUT2D eigenvalue weighted by molar-refractivity contribution is -0.131. The lowest BCUT2D eigenvalue weighted by Gasteiger charge is -2.25. The standard InChI is InChI=1S/C23H29ClN4O3S/c1-6-28-21-12-11-19(32(30,31)26(3)4)15-20(21)25-22(28)13-14-23(29)27(5)16(2)17-7-9-18(24)10-8-17/h7-12,15-16H,6,13-14H2,1-5H3. The molecule has 0 aliphatic rings. The quantitative estimate of drug-likeness (QED) is 0.490. The van der Waals surface area contributed by atoms with E-state index in [2.05, 4.69) is 4.98 Å². The molecule has 1 heterocycles. The van der Waals surface area contributed by atoms with Crippen LogP contribution in [0.25, 0.3) is 11.0 Å². The average molecular weight is 477 g/mol. The minimum atomic E-state index is -3.54. The summed E-state index contributed by atoms with van der Waals surface area (Å²) < 4.78 is 28.1. The fraction of sp³-hybridized carbons (Fsp3) is 0.391. The monoisotopic (exact) mass is 476 g/mol. The Morgan fingerprint density at radius 3 is 2.38 bits per heavy atom. The lowest BCUT2D eigenvalue weighted by atomic mass is 10.1. The molecule has 0 aliphatic heterocycles. The van der Waals surface area contributed by atoms with Gasteiger partial charge >= 0.3 is 0 Å². The topological polar surface area (TPSA) is 75.5 Å². The molecule has 0 aliphatic carbocycles. The number of hydrogen-bond acceptors (Lipinski definition) is 4. The third kappa shape index (κ3) is 4.82. The van der Waals surface area contributed by atoms with E-state index in [4.69, 9.17) is 11.6 Å². The fourth-order valence-corrected chi connectivity index (χ4v) is 4.70. The maximum absolute atomic E-state index is 12.9. The summed E-state index contributed by atoms with van der Waals surface area (Å²) in [6, 6.07) is 12.4. The highest BCUT2D eigenvalue weighted by Crippen LogP contribution is 2.24. The van der Waals surface area contributed by atoms with Crippen molar-refractivity contribution >= 4 is 38.6 Å². The molecule has 1 aromatic heterocycles. The molecule has 0 spiro atoms. The van der Waals surface area contributed by atoms with Gasteiger partial charge in [0.25, 0.3) is 0 Å². The van der Waals surface area contributed by atoms with Gasteiger partial charge in [0, 0.05) is 45.6 Å². The van der Waals surface area contributed by atoms with Crippen molar-refractivity contribution in [2.75, 3.05) is 21.1 Å². The maximum Gasteiger partial charge on any atom is 0.242 e. The molecular formula is C23H29ClN4O3S. The van der Waals surface area contributed by atoms with Gasteiger partial charge in [-0.1, -0.05) is 23.7 Å². The second-order valence-corrected chi connectivity index (χ2v) is 10.5. The lowest BCUT2D eigenvalue weighted by Crippen LogP contribution is -2.30. The van der Waals surface area contributed by atoms with E-state index in [0.29, 0.717) is 29.9 Å². The number of nitrogens with zero attached hydrogens (tertiary/aromatic N) is 4. The van der Waals surface area contributed by atoms with E-state index in [1.54, 1.807) is 30.1 Å². The SMILES string of the molecule is CCn1c(CCC(=O)N(C)C(C)c2ccc(Cl)cc2)nc2cc(S(=O)(=O)N(C)C)ccc21. The maximum atomic E-state index is 12.9. The Hall–Kier alpha value is -2.42. The highest BCUT2D eigenvalue weighted by atomic mass is 35.5. The number of aryl methyl sites for hydroxylation is 2. The molecule has 1 atom stereocenters. The average Bonchev–Trinajstić information content (AvgIpc) is 3.13. The van der Waals surface area contributed by atoms with Crippen LogP contribution in [0.5, 0.6) is 0 Å². The second-order valence-electron chi connectivity index (χ2n) is 7.94. The van der Waals surface area contributed by atoms with Crippen LogP contribution in [-0.4, -0.2) is 54.2 Å². The molecular weight excluding hydrogens is 448 g/mol. The summed E-state index contributed by atoms with van der Waals surface area (Å²) in [4.78, 5) is 19.4. The summed E-state index contributed by atoms with van der Waals surface area (Å²) in [6.07, 6.45) is 0.773. The molecule has 0 saturated heterocycles. The number of carbonyl (C=O) groups is 1. The van der Waals surface area contributed by atoms with Gasteiger partial charge in [0.2, 0.25) is 15.9 Å². The van der Waals surface area contributed by atoms with Crippen molar-refractivity contribution in [3.05, 3.63) is 58.9 Å². The number of imidazole rings is 1. The molecule has 9 heteroatoms. The van der Waals surface area contributed by atoms with E-state index in [0.717, 1.165) is 16.9 Å². The van der Waals surface area contributed by atoms with E-state index in [9.17, 15) is 13.2 Å². The number of halogens is 1. The van der Waals surface area contributed by atoms with Crippen molar-refractivity contribution in [3.63, 3.8) is 0 Å². The first-order valence-electron chi connectivity index (χ1n) is 10.5. The zero-order valence-corrected chi connectivity index (χ0v) is 20.6. The number of hydrogen-bond donors (Lipinski definition) is 0. The van der Waals surface area contributed by atoms with Crippen LogP contribution < -0.4 is 0 Å². The van der Waals surface area contributed by atoms with Crippen LogP contribution in [0.2, 0.25) is 5.02 Å². The minimum absolute atomic E-state index is 0.0121. The number of aromatic nitrogens is 2. The first-order chi connectivity index (χ1) is 15.1. The van der Waals surface area contributed by atoms with Crippen molar-refractivity contribution < 1.29 is 13.2 Å². The summed E-state index contributed by atoms with van der Waals surface area (Å²) in [5.74, 6) is 0.779. The number of rotatable bonds is 8. The molecule has 172 valence electrons. The summed E-state index contributed by atoms with van der Waals surface area (Å²) in [7, 11) is 1.26. The zero-order valence-electron chi connectivity index (χ0n) is 19.0. The first kappa shape index (κ1) is 24.2. The number of benzene rings is 2. The van der Waals surface area contributed by atoms with Gasteiger partial charge in [0.1, 0.15) is 5.82 Å². The highest BCUT2D eigenvalue weighted by molar-refractivity contribution is 7.89. The summed E-state index contributed by atoms with van der Waals surface area (Å²) in [5, 5.41) is 0.662. The molecule has 1 amide bonds. The predicted octanol–water partition coefficient (Wildman–Crippen LogP) is 4.11. The van der Waals surface area contributed by atoms with Gasteiger partial charge < -0.3 is 9.47 Å². The van der Waals surface area contributed by atoms with Crippen molar-refractivity contribution in [2.45, 2.75) is 44.2 Å². The molecule has 0 N–H and O–H groups in total. The summed E-state index contributed by atoms with van der Waals surface area (Å²) in [5.41, 5.74) is 2.48. The number of sulfonamides is 1. The Labute approximate surface area is 194 Å². The zero-order chi connectivity index (χ0) is 23.6. The smallest absolute Gasteiger partial charge is 0.242 e. The Kier molecular flexibility index (Phi) is 7.27.